The maximum absolute atomic E-state index is 13.3. The van der Waals surface area contributed by atoms with Gasteiger partial charge >= 0.3 is 0 Å². The molecule has 5 rings (SSSR count). The van der Waals surface area contributed by atoms with Crippen LogP contribution in [0.25, 0.3) is 10.9 Å². The van der Waals surface area contributed by atoms with Crippen LogP contribution in [0, 0.1) is 0 Å². The van der Waals surface area contributed by atoms with Crippen LogP contribution in [0.3, 0.4) is 0 Å². The molecule has 2 atom stereocenters. The van der Waals surface area contributed by atoms with Crippen molar-refractivity contribution in [1.82, 2.24) is 14.6 Å². The zero-order valence-electron chi connectivity index (χ0n) is 22.6. The van der Waals surface area contributed by atoms with E-state index in [0.717, 1.165) is 10.9 Å². The number of sulfone groups is 1. The maximum atomic E-state index is 13.3. The Balaban J connectivity index is 1.09. The highest BCUT2D eigenvalue weighted by Crippen LogP contribution is 2.37. The molecule has 0 amide bonds. The van der Waals surface area contributed by atoms with Gasteiger partial charge in [-0.3, -0.25) is 4.98 Å². The fourth-order valence-corrected chi connectivity index (χ4v) is 7.91. The van der Waals surface area contributed by atoms with Crippen molar-refractivity contribution in [1.29, 1.82) is 0 Å². The summed E-state index contributed by atoms with van der Waals surface area (Å²) in [6, 6.07) is 14.6. The standard InChI is InChI=1S/C28H35N3O8S2/c32-13-14-40(34,35)25-5-1-4-24(16-25)38-20-23(33)18-30-22-17-28(39-19-22)8-11-31(12-9-28)41(36,37)26-6-7-27-21(15-26)3-2-10-29-27/h1-7,10,15-16,22-23,30,32-33H,8-9,11-14,17-20H2/t22-,23?/m1/s1. The van der Waals surface area contributed by atoms with Gasteiger partial charge in [-0.1, -0.05) is 12.1 Å². The molecule has 222 valence electrons. The van der Waals surface area contributed by atoms with Crippen LogP contribution >= 0.6 is 0 Å². The van der Waals surface area contributed by atoms with Crippen molar-refractivity contribution in [2.45, 2.75) is 46.8 Å². The Morgan fingerprint density at radius 3 is 2.66 bits per heavy atom. The minimum absolute atomic E-state index is 0.00717. The number of nitrogens with zero attached hydrogens (tertiary/aromatic N) is 2. The predicted molar refractivity (Wildman–Crippen MR) is 152 cm³/mol. The number of ether oxygens (including phenoxy) is 2. The Hall–Kier alpha value is -2.65. The molecule has 3 N–H and O–H groups in total. The van der Waals surface area contributed by atoms with Crippen LogP contribution in [0.15, 0.2) is 70.6 Å². The third-order valence-electron chi connectivity index (χ3n) is 7.66. The predicted octanol–water partition coefficient (Wildman–Crippen LogP) is 1.34. The Bertz CT molecular complexity index is 1570. The van der Waals surface area contributed by atoms with Gasteiger partial charge in [-0.25, -0.2) is 16.8 Å². The highest BCUT2D eigenvalue weighted by molar-refractivity contribution is 7.91. The van der Waals surface area contributed by atoms with Gasteiger partial charge in [0.2, 0.25) is 10.0 Å². The molecule has 0 saturated carbocycles. The Morgan fingerprint density at radius 1 is 1.07 bits per heavy atom. The fraction of sp³-hybridized carbons (Fsp3) is 0.464. The molecule has 11 nitrogen and oxygen atoms in total. The molecule has 2 aromatic carbocycles. The van der Waals surface area contributed by atoms with Crippen LogP contribution in [0.1, 0.15) is 19.3 Å². The quantitative estimate of drug-likeness (QED) is 0.292. The van der Waals surface area contributed by atoms with Gasteiger partial charge < -0.3 is 25.0 Å². The van der Waals surface area contributed by atoms with E-state index in [1.54, 1.807) is 42.6 Å². The van der Waals surface area contributed by atoms with Crippen LogP contribution < -0.4 is 10.1 Å². The first-order valence-electron chi connectivity index (χ1n) is 13.6. The minimum atomic E-state index is -3.64. The van der Waals surface area contributed by atoms with Crippen molar-refractivity contribution in [3.8, 4) is 5.75 Å². The first-order valence-corrected chi connectivity index (χ1v) is 16.7. The minimum Gasteiger partial charge on any atom is -0.491 e. The zero-order chi connectivity index (χ0) is 29.1. The number of nitrogens with one attached hydrogen (secondary N) is 1. The summed E-state index contributed by atoms with van der Waals surface area (Å²) < 4.78 is 64.2. The van der Waals surface area contributed by atoms with Crippen molar-refractivity contribution in [2.24, 2.45) is 0 Å². The number of hydrogen-bond donors (Lipinski definition) is 3. The lowest BCUT2D eigenvalue weighted by molar-refractivity contribution is -0.0312. The van der Waals surface area contributed by atoms with E-state index >= 15 is 0 Å². The smallest absolute Gasteiger partial charge is 0.243 e. The third kappa shape index (κ3) is 6.88. The third-order valence-corrected chi connectivity index (χ3v) is 11.3. The number of rotatable bonds is 11. The fourth-order valence-electron chi connectivity index (χ4n) is 5.37. The highest BCUT2D eigenvalue weighted by atomic mass is 32.2. The second kappa shape index (κ2) is 12.3. The molecule has 3 aromatic rings. The summed E-state index contributed by atoms with van der Waals surface area (Å²) in [4.78, 5) is 4.57. The van der Waals surface area contributed by atoms with E-state index in [4.69, 9.17) is 14.6 Å². The molecule has 1 aromatic heterocycles. The van der Waals surface area contributed by atoms with E-state index in [9.17, 15) is 21.9 Å². The molecule has 1 unspecified atom stereocenters. The van der Waals surface area contributed by atoms with Crippen molar-refractivity contribution < 1.29 is 36.5 Å². The van der Waals surface area contributed by atoms with Crippen LogP contribution in [-0.4, -0.2) is 99.3 Å². The number of fused-ring (bicyclic) bond motifs is 1. The molecule has 13 heteroatoms. The first-order chi connectivity index (χ1) is 19.6. The number of sulfonamides is 1. The molecule has 2 aliphatic rings. The van der Waals surface area contributed by atoms with Gasteiger partial charge in [-0.15, -0.1) is 0 Å². The van der Waals surface area contributed by atoms with Gasteiger partial charge in [0, 0.05) is 37.3 Å². The summed E-state index contributed by atoms with van der Waals surface area (Å²) in [5.41, 5.74) is 0.344. The SMILES string of the molecule is O=S(=O)(CCO)c1cccc(OCC(O)CN[C@H]2COC3(CCN(S(=O)(=O)c4ccc5ncccc5c4)CC3)C2)c1. The Kier molecular flexibility index (Phi) is 8.95. The van der Waals surface area contributed by atoms with Gasteiger partial charge in [0.05, 0.1) is 39.9 Å². The molecule has 2 fully saturated rings. The van der Waals surface area contributed by atoms with Gasteiger partial charge in [-0.05, 0) is 61.7 Å². The molecule has 2 saturated heterocycles. The topological polar surface area (TPSA) is 155 Å². The summed E-state index contributed by atoms with van der Waals surface area (Å²) >= 11 is 0. The number of piperidine rings is 1. The number of pyridine rings is 1. The molecule has 3 heterocycles. The molecule has 1 spiro atoms. The molecule has 2 aliphatic heterocycles. The van der Waals surface area contributed by atoms with E-state index in [-0.39, 0.29) is 34.7 Å². The average Bonchev–Trinajstić information content (AvgIpc) is 3.37. The van der Waals surface area contributed by atoms with Crippen molar-refractivity contribution >= 4 is 30.8 Å². The number of aliphatic hydroxyl groups excluding tert-OH is 2. The summed E-state index contributed by atoms with van der Waals surface area (Å²) in [5.74, 6) is -0.0576. The highest BCUT2D eigenvalue weighted by Gasteiger charge is 2.44. The lowest BCUT2D eigenvalue weighted by Crippen LogP contribution is -2.47. The molecule has 41 heavy (non-hydrogen) atoms. The summed E-state index contributed by atoms with van der Waals surface area (Å²) in [5, 5.41) is 23.5. The number of aromatic nitrogens is 1. The van der Waals surface area contributed by atoms with E-state index in [1.807, 2.05) is 6.07 Å². The van der Waals surface area contributed by atoms with Gasteiger partial charge in [-0.2, -0.15) is 4.31 Å². The second-order valence-corrected chi connectivity index (χ2v) is 14.6. The Labute approximate surface area is 240 Å². The lowest BCUT2D eigenvalue weighted by Gasteiger charge is -2.38. The van der Waals surface area contributed by atoms with Crippen LogP contribution in [0.5, 0.6) is 5.75 Å². The van der Waals surface area contributed by atoms with E-state index in [2.05, 4.69) is 10.3 Å². The van der Waals surface area contributed by atoms with Crippen LogP contribution in [-0.2, 0) is 24.6 Å². The van der Waals surface area contributed by atoms with E-state index in [1.165, 1.54) is 16.4 Å². The van der Waals surface area contributed by atoms with Gasteiger partial charge in [0.25, 0.3) is 0 Å². The summed E-state index contributed by atoms with van der Waals surface area (Å²) in [6.45, 7) is 0.942. The molecular formula is C28H35N3O8S2. The molecule has 0 aliphatic carbocycles. The van der Waals surface area contributed by atoms with Crippen molar-refractivity contribution in [3.63, 3.8) is 0 Å². The summed E-state index contributed by atoms with van der Waals surface area (Å²) in [6.07, 6.45) is 2.72. The van der Waals surface area contributed by atoms with E-state index in [0.29, 0.717) is 44.7 Å². The number of hydrogen-bond acceptors (Lipinski definition) is 10. The normalized spacial score (nSPS) is 20.4. The van der Waals surface area contributed by atoms with Gasteiger partial charge in [0.15, 0.2) is 9.84 Å². The molecule has 0 bridgehead atoms. The van der Waals surface area contributed by atoms with Crippen molar-refractivity contribution in [2.75, 3.05) is 45.2 Å². The maximum Gasteiger partial charge on any atom is 0.243 e. The van der Waals surface area contributed by atoms with Crippen LogP contribution in [0.2, 0.25) is 0 Å². The van der Waals surface area contributed by atoms with Gasteiger partial charge in [0.1, 0.15) is 18.5 Å². The number of aliphatic hydroxyl groups is 2. The number of benzene rings is 2. The average molecular weight is 606 g/mol. The van der Waals surface area contributed by atoms with Crippen molar-refractivity contribution in [3.05, 3.63) is 60.8 Å². The molecule has 0 radical (unpaired) electrons. The van der Waals surface area contributed by atoms with E-state index < -0.39 is 38.2 Å². The monoisotopic (exact) mass is 605 g/mol. The zero-order valence-corrected chi connectivity index (χ0v) is 24.2. The summed E-state index contributed by atoms with van der Waals surface area (Å²) in [7, 11) is -7.23. The lowest BCUT2D eigenvalue weighted by atomic mass is 9.88. The molecular weight excluding hydrogens is 570 g/mol. The first kappa shape index (κ1) is 29.8. The second-order valence-electron chi connectivity index (χ2n) is 10.5. The largest absolute Gasteiger partial charge is 0.491 e. The Morgan fingerprint density at radius 2 is 1.88 bits per heavy atom. The van der Waals surface area contributed by atoms with Crippen LogP contribution in [0.4, 0.5) is 0 Å².